The van der Waals surface area contributed by atoms with E-state index < -0.39 is 24.5 Å². The lowest BCUT2D eigenvalue weighted by Crippen LogP contribution is -2.43. The van der Waals surface area contributed by atoms with Crippen molar-refractivity contribution in [2.75, 3.05) is 6.61 Å². The molecule has 0 saturated carbocycles. The van der Waals surface area contributed by atoms with E-state index in [1.807, 2.05) is 42.5 Å². The lowest BCUT2D eigenvalue weighted by molar-refractivity contribution is -0.128. The van der Waals surface area contributed by atoms with Gasteiger partial charge in [-0.25, -0.2) is 4.79 Å². The predicted molar refractivity (Wildman–Crippen MR) is 109 cm³/mol. The molecule has 0 aromatic heterocycles. The number of hydrogen-bond acceptors (Lipinski definition) is 5. The zero-order valence-corrected chi connectivity index (χ0v) is 15.9. The lowest BCUT2D eigenvalue weighted by Gasteiger charge is -2.16. The van der Waals surface area contributed by atoms with E-state index in [2.05, 4.69) is 5.32 Å². The van der Waals surface area contributed by atoms with Gasteiger partial charge in [0.15, 0.2) is 12.4 Å². The summed E-state index contributed by atoms with van der Waals surface area (Å²) < 4.78 is 5.03. The van der Waals surface area contributed by atoms with Crippen molar-refractivity contribution < 1.29 is 24.2 Å². The molecule has 0 aliphatic rings. The van der Waals surface area contributed by atoms with Crippen molar-refractivity contribution in [3.05, 3.63) is 77.9 Å². The van der Waals surface area contributed by atoms with Crippen LogP contribution in [0, 0.1) is 0 Å². The number of rotatable bonds is 7. The van der Waals surface area contributed by atoms with Crippen LogP contribution in [0.2, 0.25) is 0 Å². The first-order valence-corrected chi connectivity index (χ1v) is 9.17. The van der Waals surface area contributed by atoms with Gasteiger partial charge >= 0.3 is 5.97 Å². The summed E-state index contributed by atoms with van der Waals surface area (Å²) in [6.07, 6.45) is 0.349. The molecule has 29 heavy (non-hydrogen) atoms. The monoisotopic (exact) mass is 391 g/mol. The largest absolute Gasteiger partial charge is 0.506 e. The van der Waals surface area contributed by atoms with Crippen LogP contribution in [0.4, 0.5) is 0 Å². The van der Waals surface area contributed by atoms with E-state index in [4.69, 9.17) is 4.74 Å². The molecule has 1 amide bonds. The zero-order valence-electron chi connectivity index (χ0n) is 15.9. The Kier molecular flexibility index (Phi) is 6.24. The smallest absolute Gasteiger partial charge is 0.342 e. The number of Topliss-reactive ketones (excluding diaryl/α,β-unsaturated/α-hetero) is 1. The van der Waals surface area contributed by atoms with Crippen LogP contribution in [-0.4, -0.2) is 35.4 Å². The van der Waals surface area contributed by atoms with Gasteiger partial charge in [-0.05, 0) is 30.4 Å². The summed E-state index contributed by atoms with van der Waals surface area (Å²) in [5.41, 5.74) is 0.884. The highest BCUT2D eigenvalue weighted by atomic mass is 16.5. The third-order valence-corrected chi connectivity index (χ3v) is 4.56. The van der Waals surface area contributed by atoms with Crippen LogP contribution < -0.4 is 5.32 Å². The summed E-state index contributed by atoms with van der Waals surface area (Å²) >= 11 is 0. The van der Waals surface area contributed by atoms with Gasteiger partial charge in [0.05, 0.1) is 6.04 Å². The maximum atomic E-state index is 12.3. The van der Waals surface area contributed by atoms with E-state index >= 15 is 0 Å². The Hall–Kier alpha value is -3.67. The van der Waals surface area contributed by atoms with E-state index in [1.165, 1.54) is 13.0 Å². The number of carbonyl (C=O) groups is 3. The molecule has 3 aromatic carbocycles. The molecular formula is C23H21NO5. The Morgan fingerprint density at radius 3 is 2.38 bits per heavy atom. The molecular weight excluding hydrogens is 370 g/mol. The Morgan fingerprint density at radius 1 is 0.966 bits per heavy atom. The van der Waals surface area contributed by atoms with E-state index in [0.29, 0.717) is 11.8 Å². The molecule has 0 unspecified atom stereocenters. The van der Waals surface area contributed by atoms with Crippen molar-refractivity contribution in [2.45, 2.75) is 19.4 Å². The minimum atomic E-state index is -0.814. The highest BCUT2D eigenvalue weighted by Gasteiger charge is 2.20. The lowest BCUT2D eigenvalue weighted by atomic mass is 10.0. The van der Waals surface area contributed by atoms with Gasteiger partial charge in [-0.2, -0.15) is 0 Å². The van der Waals surface area contributed by atoms with Crippen LogP contribution in [0.15, 0.2) is 66.7 Å². The number of benzene rings is 3. The fourth-order valence-electron chi connectivity index (χ4n) is 3.01. The molecule has 3 rings (SSSR count). The number of amides is 1. The highest BCUT2D eigenvalue weighted by Crippen LogP contribution is 2.28. The number of esters is 1. The Morgan fingerprint density at radius 2 is 1.66 bits per heavy atom. The van der Waals surface area contributed by atoms with Crippen LogP contribution in [0.5, 0.6) is 5.75 Å². The van der Waals surface area contributed by atoms with Crippen molar-refractivity contribution in [3.8, 4) is 5.75 Å². The number of phenols is 1. The summed E-state index contributed by atoms with van der Waals surface area (Å²) in [7, 11) is 0. The molecule has 1 atom stereocenters. The number of phenolic OH excluding ortho intramolecular Hbond substituents is 1. The van der Waals surface area contributed by atoms with Gasteiger partial charge in [-0.15, -0.1) is 0 Å². The maximum absolute atomic E-state index is 12.3. The molecule has 0 aliphatic heterocycles. The van der Waals surface area contributed by atoms with Gasteiger partial charge in [0.1, 0.15) is 11.3 Å². The summed E-state index contributed by atoms with van der Waals surface area (Å²) in [5, 5.41) is 14.2. The number of fused-ring (bicyclic) bond motifs is 1. The summed E-state index contributed by atoms with van der Waals surface area (Å²) in [6.45, 7) is 0.844. The normalized spacial score (nSPS) is 11.6. The molecule has 2 N–H and O–H groups in total. The second-order valence-electron chi connectivity index (χ2n) is 6.68. The molecule has 0 radical (unpaired) electrons. The average Bonchev–Trinajstić information content (AvgIpc) is 2.72. The van der Waals surface area contributed by atoms with Gasteiger partial charge in [0.25, 0.3) is 5.91 Å². The first-order valence-electron chi connectivity index (χ1n) is 9.17. The van der Waals surface area contributed by atoms with Crippen molar-refractivity contribution in [2.24, 2.45) is 0 Å². The third-order valence-electron chi connectivity index (χ3n) is 4.56. The Balaban J connectivity index is 1.61. The molecule has 6 nitrogen and oxygen atoms in total. The van der Waals surface area contributed by atoms with E-state index in [-0.39, 0.29) is 17.1 Å². The molecule has 148 valence electrons. The first-order chi connectivity index (χ1) is 14.0. The molecule has 0 aliphatic carbocycles. The van der Waals surface area contributed by atoms with E-state index in [1.54, 1.807) is 18.2 Å². The number of nitrogens with one attached hydrogen (secondary N) is 1. The van der Waals surface area contributed by atoms with Crippen LogP contribution in [0.3, 0.4) is 0 Å². The van der Waals surface area contributed by atoms with Gasteiger partial charge in [-0.1, -0.05) is 60.7 Å². The van der Waals surface area contributed by atoms with Crippen LogP contribution >= 0.6 is 0 Å². The van der Waals surface area contributed by atoms with Crippen LogP contribution in [-0.2, 0) is 20.7 Å². The molecule has 0 bridgehead atoms. The van der Waals surface area contributed by atoms with Crippen LogP contribution in [0.1, 0.15) is 22.8 Å². The predicted octanol–water partition coefficient (Wildman–Crippen LogP) is 3.02. The quantitative estimate of drug-likeness (QED) is 0.604. The molecule has 3 aromatic rings. The summed E-state index contributed by atoms with van der Waals surface area (Å²) in [4.78, 5) is 36.3. The minimum Gasteiger partial charge on any atom is -0.506 e. The van der Waals surface area contributed by atoms with E-state index in [9.17, 15) is 19.5 Å². The number of hydrogen-bond donors (Lipinski definition) is 2. The first kappa shape index (κ1) is 20.1. The van der Waals surface area contributed by atoms with Gasteiger partial charge in [-0.3, -0.25) is 9.59 Å². The Bertz CT molecular complexity index is 1050. The standard InChI is InChI=1S/C23H21NO5/c1-15(25)20(13-16-7-3-2-4-8-16)24-21(26)14-29-23(28)19-12-11-17-9-5-6-10-18(17)22(19)27/h2-12,20,27H,13-14H2,1H3,(H,24,26)/t20-/m0/s1. The second kappa shape index (κ2) is 9.01. The second-order valence-corrected chi connectivity index (χ2v) is 6.68. The summed E-state index contributed by atoms with van der Waals surface area (Å²) in [6, 6.07) is 18.8. The zero-order chi connectivity index (χ0) is 20.8. The number of ketones is 1. The molecule has 0 fully saturated rings. The van der Waals surface area contributed by atoms with Crippen molar-refractivity contribution in [3.63, 3.8) is 0 Å². The van der Waals surface area contributed by atoms with Gasteiger partial charge in [0, 0.05) is 5.39 Å². The minimum absolute atomic E-state index is 0.0242. The van der Waals surface area contributed by atoms with E-state index in [0.717, 1.165) is 10.9 Å². The van der Waals surface area contributed by atoms with Gasteiger partial charge < -0.3 is 15.2 Å². The molecule has 0 heterocycles. The Labute approximate surface area is 168 Å². The molecule has 6 heteroatoms. The van der Waals surface area contributed by atoms with Crippen molar-refractivity contribution >= 4 is 28.4 Å². The molecule has 0 spiro atoms. The third kappa shape index (κ3) is 4.99. The fraction of sp³-hybridized carbons (Fsp3) is 0.174. The number of carbonyl (C=O) groups excluding carboxylic acids is 3. The highest BCUT2D eigenvalue weighted by molar-refractivity contribution is 6.01. The van der Waals surface area contributed by atoms with Gasteiger partial charge in [0.2, 0.25) is 0 Å². The summed E-state index contributed by atoms with van der Waals surface area (Å²) in [5.74, 6) is -1.79. The number of ether oxygens (including phenoxy) is 1. The topological polar surface area (TPSA) is 92.7 Å². The molecule has 0 saturated heterocycles. The fourth-order valence-corrected chi connectivity index (χ4v) is 3.01. The number of aromatic hydroxyl groups is 1. The van der Waals surface area contributed by atoms with Crippen molar-refractivity contribution in [1.29, 1.82) is 0 Å². The van der Waals surface area contributed by atoms with Crippen LogP contribution in [0.25, 0.3) is 10.8 Å². The van der Waals surface area contributed by atoms with Crippen molar-refractivity contribution in [1.82, 2.24) is 5.32 Å². The SMILES string of the molecule is CC(=O)[C@H](Cc1ccccc1)NC(=O)COC(=O)c1ccc2ccccc2c1O. The maximum Gasteiger partial charge on any atom is 0.342 e. The average molecular weight is 391 g/mol.